The third-order valence-corrected chi connectivity index (χ3v) is 6.79. The minimum atomic E-state index is -4.72. The fourth-order valence-electron chi connectivity index (χ4n) is 2.97. The van der Waals surface area contributed by atoms with E-state index in [1.54, 1.807) is 11.3 Å². The molecule has 0 aliphatic rings. The molecular formula is C21H22F4N2S2. The lowest BCUT2D eigenvalue weighted by molar-refractivity contribution is -0.140. The third kappa shape index (κ3) is 5.24. The summed E-state index contributed by atoms with van der Waals surface area (Å²) in [6.07, 6.45) is -2.67. The highest BCUT2D eigenvalue weighted by molar-refractivity contribution is 7.98. The van der Waals surface area contributed by atoms with E-state index in [0.717, 1.165) is 52.2 Å². The van der Waals surface area contributed by atoms with Gasteiger partial charge in [0.05, 0.1) is 12.1 Å². The molecule has 1 heterocycles. The molecule has 0 aliphatic carbocycles. The SMILES string of the molecule is CCCCNSN(Cc1ccc(F)c(C(F)(F)F)c1)c1sc2ccccc2c1C. The average molecular weight is 443 g/mol. The number of thiophene rings is 1. The molecule has 0 saturated heterocycles. The van der Waals surface area contributed by atoms with Crippen molar-refractivity contribution in [1.29, 1.82) is 0 Å². The zero-order valence-corrected chi connectivity index (χ0v) is 17.8. The van der Waals surface area contributed by atoms with Crippen LogP contribution < -0.4 is 9.03 Å². The zero-order chi connectivity index (χ0) is 21.0. The van der Waals surface area contributed by atoms with E-state index in [2.05, 4.69) is 11.6 Å². The molecule has 0 atom stereocenters. The fraction of sp³-hybridized carbons (Fsp3) is 0.333. The quantitative estimate of drug-likeness (QED) is 0.223. The molecule has 1 N–H and O–H groups in total. The Hall–Kier alpha value is -1.77. The number of benzene rings is 2. The second-order valence-corrected chi connectivity index (χ2v) is 8.66. The van der Waals surface area contributed by atoms with E-state index in [-0.39, 0.29) is 6.54 Å². The average Bonchev–Trinajstić information content (AvgIpc) is 3.01. The summed E-state index contributed by atoms with van der Waals surface area (Å²) in [5, 5.41) is 2.10. The minimum absolute atomic E-state index is 0.223. The predicted octanol–water partition coefficient (Wildman–Crippen LogP) is 7.33. The van der Waals surface area contributed by atoms with Gasteiger partial charge in [-0.05, 0) is 48.1 Å². The molecule has 2 aromatic carbocycles. The summed E-state index contributed by atoms with van der Waals surface area (Å²) in [6, 6.07) is 11.2. The molecule has 1 aromatic heterocycles. The normalized spacial score (nSPS) is 11.9. The molecule has 156 valence electrons. The van der Waals surface area contributed by atoms with Crippen molar-refractivity contribution in [3.05, 3.63) is 65.0 Å². The molecule has 0 bridgehead atoms. The van der Waals surface area contributed by atoms with E-state index in [1.807, 2.05) is 35.5 Å². The Morgan fingerprint density at radius 1 is 1.14 bits per heavy atom. The van der Waals surface area contributed by atoms with Gasteiger partial charge in [0, 0.05) is 23.4 Å². The van der Waals surface area contributed by atoms with E-state index in [4.69, 9.17) is 0 Å². The first kappa shape index (κ1) is 21.9. The van der Waals surface area contributed by atoms with Crippen LogP contribution in [0.1, 0.15) is 36.5 Å². The maximum absolute atomic E-state index is 13.7. The molecule has 0 saturated carbocycles. The molecular weight excluding hydrogens is 420 g/mol. The van der Waals surface area contributed by atoms with Crippen LogP contribution >= 0.6 is 23.5 Å². The van der Waals surface area contributed by atoms with Gasteiger partial charge in [-0.1, -0.05) is 37.6 Å². The van der Waals surface area contributed by atoms with Gasteiger partial charge in [0.25, 0.3) is 0 Å². The van der Waals surface area contributed by atoms with Gasteiger partial charge in [0.1, 0.15) is 10.8 Å². The lowest BCUT2D eigenvalue weighted by atomic mass is 10.1. The summed E-state index contributed by atoms with van der Waals surface area (Å²) in [5.74, 6) is -1.25. The van der Waals surface area contributed by atoms with Crippen LogP contribution in [0.4, 0.5) is 22.6 Å². The lowest BCUT2D eigenvalue weighted by Gasteiger charge is -2.23. The summed E-state index contributed by atoms with van der Waals surface area (Å²) < 4.78 is 59.4. The summed E-state index contributed by atoms with van der Waals surface area (Å²) in [6.45, 7) is 5.12. The van der Waals surface area contributed by atoms with E-state index in [9.17, 15) is 17.6 Å². The number of unbranched alkanes of at least 4 members (excludes halogenated alkanes) is 1. The summed E-state index contributed by atoms with van der Waals surface area (Å²) in [4.78, 5) is 0. The Balaban J connectivity index is 1.92. The molecule has 0 amide bonds. The van der Waals surface area contributed by atoms with Crippen LogP contribution in [0.15, 0.2) is 42.5 Å². The monoisotopic (exact) mass is 442 g/mol. The van der Waals surface area contributed by atoms with Crippen LogP contribution in [0.3, 0.4) is 0 Å². The Kier molecular flexibility index (Phi) is 7.08. The Labute approximate surface area is 176 Å². The van der Waals surface area contributed by atoms with Crippen molar-refractivity contribution >= 4 is 38.6 Å². The van der Waals surface area contributed by atoms with Crippen molar-refractivity contribution in [2.45, 2.75) is 39.4 Å². The van der Waals surface area contributed by atoms with Gasteiger partial charge in [-0.3, -0.25) is 4.31 Å². The molecule has 0 spiro atoms. The number of halogens is 4. The molecule has 0 unspecified atom stereocenters. The van der Waals surface area contributed by atoms with Gasteiger partial charge < -0.3 is 0 Å². The standard InChI is InChI=1S/C21H22F4N2S2/c1-3-4-11-26-29-27(20-14(2)16-7-5-6-8-19(16)28-20)13-15-9-10-18(22)17(12-15)21(23,24)25/h5-10,12,26H,3-4,11,13H2,1-2H3. The number of hydrogen-bond donors (Lipinski definition) is 1. The number of alkyl halides is 3. The first-order valence-corrected chi connectivity index (χ1v) is 10.9. The molecule has 2 nitrogen and oxygen atoms in total. The third-order valence-electron chi connectivity index (χ3n) is 4.51. The van der Waals surface area contributed by atoms with Gasteiger partial charge in [-0.2, -0.15) is 13.2 Å². The van der Waals surface area contributed by atoms with Crippen LogP contribution in [0.25, 0.3) is 10.1 Å². The highest BCUT2D eigenvalue weighted by atomic mass is 32.2. The van der Waals surface area contributed by atoms with Gasteiger partial charge in [-0.25, -0.2) is 9.11 Å². The Bertz CT molecular complexity index is 969. The largest absolute Gasteiger partial charge is 0.419 e. The van der Waals surface area contributed by atoms with Crippen molar-refractivity contribution in [3.63, 3.8) is 0 Å². The van der Waals surface area contributed by atoms with Gasteiger partial charge in [-0.15, -0.1) is 11.3 Å². The van der Waals surface area contributed by atoms with Crippen molar-refractivity contribution in [1.82, 2.24) is 4.72 Å². The maximum Gasteiger partial charge on any atom is 0.419 e. The lowest BCUT2D eigenvalue weighted by Crippen LogP contribution is -2.21. The van der Waals surface area contributed by atoms with Gasteiger partial charge in [0.15, 0.2) is 0 Å². The van der Waals surface area contributed by atoms with Crippen molar-refractivity contribution in [2.75, 3.05) is 10.8 Å². The highest BCUT2D eigenvalue weighted by Crippen LogP contribution is 2.41. The predicted molar refractivity (Wildman–Crippen MR) is 115 cm³/mol. The summed E-state index contributed by atoms with van der Waals surface area (Å²) in [5.41, 5.74) is 0.251. The van der Waals surface area contributed by atoms with Crippen LogP contribution in [-0.2, 0) is 12.7 Å². The van der Waals surface area contributed by atoms with Crippen molar-refractivity contribution < 1.29 is 17.6 Å². The Morgan fingerprint density at radius 2 is 1.90 bits per heavy atom. The number of anilines is 1. The molecule has 8 heteroatoms. The van der Waals surface area contributed by atoms with Crippen LogP contribution in [-0.4, -0.2) is 6.54 Å². The van der Waals surface area contributed by atoms with Crippen LogP contribution in [0.5, 0.6) is 0 Å². The second-order valence-electron chi connectivity index (χ2n) is 6.72. The number of fused-ring (bicyclic) bond motifs is 1. The zero-order valence-electron chi connectivity index (χ0n) is 16.1. The molecule has 29 heavy (non-hydrogen) atoms. The van der Waals surface area contributed by atoms with E-state index in [0.29, 0.717) is 5.56 Å². The Morgan fingerprint density at radius 3 is 2.59 bits per heavy atom. The fourth-order valence-corrected chi connectivity index (χ4v) is 5.14. The topological polar surface area (TPSA) is 15.3 Å². The summed E-state index contributed by atoms with van der Waals surface area (Å²) in [7, 11) is 0. The molecule has 3 rings (SSSR count). The smallest absolute Gasteiger partial charge is 0.290 e. The molecule has 0 radical (unpaired) electrons. The molecule has 3 aromatic rings. The number of nitrogens with one attached hydrogen (secondary N) is 1. The van der Waals surface area contributed by atoms with Crippen LogP contribution in [0.2, 0.25) is 0 Å². The maximum atomic E-state index is 13.7. The van der Waals surface area contributed by atoms with Crippen LogP contribution in [0, 0.1) is 12.7 Å². The second kappa shape index (κ2) is 9.36. The minimum Gasteiger partial charge on any atom is -0.290 e. The van der Waals surface area contributed by atoms with E-state index < -0.39 is 17.6 Å². The first-order chi connectivity index (χ1) is 13.8. The van der Waals surface area contributed by atoms with Gasteiger partial charge in [0.2, 0.25) is 0 Å². The van der Waals surface area contributed by atoms with Crippen molar-refractivity contribution in [3.8, 4) is 0 Å². The summed E-state index contributed by atoms with van der Waals surface area (Å²) >= 11 is 2.97. The molecule has 0 aliphatic heterocycles. The van der Waals surface area contributed by atoms with Gasteiger partial charge >= 0.3 is 6.18 Å². The number of rotatable bonds is 8. The molecule has 0 fully saturated rings. The highest BCUT2D eigenvalue weighted by Gasteiger charge is 2.34. The van der Waals surface area contributed by atoms with E-state index >= 15 is 0 Å². The number of nitrogens with zero attached hydrogens (tertiary/aromatic N) is 1. The number of hydrogen-bond acceptors (Lipinski definition) is 4. The number of aryl methyl sites for hydroxylation is 1. The van der Waals surface area contributed by atoms with E-state index in [1.165, 1.54) is 18.2 Å². The van der Waals surface area contributed by atoms with Crippen molar-refractivity contribution in [2.24, 2.45) is 0 Å². The first-order valence-electron chi connectivity index (χ1n) is 9.32.